The first-order valence-corrected chi connectivity index (χ1v) is 6.68. The summed E-state index contributed by atoms with van der Waals surface area (Å²) in [5.41, 5.74) is 0.217. The van der Waals surface area contributed by atoms with E-state index in [4.69, 9.17) is 4.74 Å². The van der Waals surface area contributed by atoms with Gasteiger partial charge in [0, 0.05) is 11.6 Å². The third-order valence-corrected chi connectivity index (χ3v) is 2.83. The number of carbonyl (C=O) groups excluding carboxylic acids is 2. The highest BCUT2D eigenvalue weighted by Crippen LogP contribution is 2.22. The number of para-hydroxylation sites is 2. The topological polar surface area (TPSA) is 64.6 Å². The monoisotopic (exact) mass is 315 g/mol. The number of halogens is 1. The lowest BCUT2D eigenvalue weighted by molar-refractivity contribution is -0.134. The minimum absolute atomic E-state index is 0.0893. The van der Waals surface area contributed by atoms with E-state index in [-0.39, 0.29) is 5.69 Å². The van der Waals surface area contributed by atoms with Gasteiger partial charge in [-0.2, -0.15) is 0 Å². The molecule has 1 N–H and O–H groups in total. The lowest BCUT2D eigenvalue weighted by Gasteiger charge is -2.10. The van der Waals surface area contributed by atoms with Crippen molar-refractivity contribution >= 4 is 23.8 Å². The average molecular weight is 315 g/mol. The summed E-state index contributed by atoms with van der Waals surface area (Å²) in [6.07, 6.45) is 1.63. The molecule has 2 aromatic rings. The molecule has 6 heteroatoms. The van der Waals surface area contributed by atoms with Crippen molar-refractivity contribution < 1.29 is 23.5 Å². The highest BCUT2D eigenvalue weighted by Gasteiger charge is 2.12. The number of esters is 1. The quantitative estimate of drug-likeness (QED) is 0.691. The minimum Gasteiger partial charge on any atom is -0.466 e. The van der Waals surface area contributed by atoms with Gasteiger partial charge in [0.1, 0.15) is 11.6 Å². The third kappa shape index (κ3) is 4.67. The van der Waals surface area contributed by atoms with Crippen molar-refractivity contribution in [3.63, 3.8) is 0 Å². The zero-order chi connectivity index (χ0) is 16.7. The SMILES string of the molecule is COC(=O)C=Cc1cccc(F)c1NC(=O)Oc1ccccc1. The van der Waals surface area contributed by atoms with Crippen LogP contribution in [0.1, 0.15) is 5.56 Å². The number of amides is 1. The van der Waals surface area contributed by atoms with Gasteiger partial charge in [0.2, 0.25) is 0 Å². The molecule has 0 fully saturated rings. The number of nitrogens with one attached hydrogen (secondary N) is 1. The Bertz CT molecular complexity index is 729. The summed E-state index contributed by atoms with van der Waals surface area (Å²) in [5.74, 6) is -0.915. The van der Waals surface area contributed by atoms with Gasteiger partial charge in [-0.25, -0.2) is 14.0 Å². The number of methoxy groups -OCH3 is 1. The molecule has 118 valence electrons. The van der Waals surface area contributed by atoms with E-state index in [1.807, 2.05) is 0 Å². The van der Waals surface area contributed by atoms with Crippen molar-refractivity contribution in [2.75, 3.05) is 12.4 Å². The zero-order valence-corrected chi connectivity index (χ0v) is 12.3. The molecule has 0 spiro atoms. The van der Waals surface area contributed by atoms with Crippen molar-refractivity contribution in [3.05, 3.63) is 66.0 Å². The molecule has 23 heavy (non-hydrogen) atoms. The maximum atomic E-state index is 13.9. The number of anilines is 1. The second-order valence-corrected chi connectivity index (χ2v) is 4.39. The Morgan fingerprint density at radius 3 is 2.52 bits per heavy atom. The number of benzene rings is 2. The molecule has 0 saturated carbocycles. The van der Waals surface area contributed by atoms with Crippen LogP contribution < -0.4 is 10.1 Å². The summed E-state index contributed by atoms with van der Waals surface area (Å²) >= 11 is 0. The molecular weight excluding hydrogens is 301 g/mol. The Hall–Kier alpha value is -3.15. The molecule has 0 aromatic heterocycles. The highest BCUT2D eigenvalue weighted by molar-refractivity contribution is 5.92. The van der Waals surface area contributed by atoms with Crippen molar-refractivity contribution in [3.8, 4) is 5.75 Å². The van der Waals surface area contributed by atoms with Crippen molar-refractivity contribution in [1.82, 2.24) is 0 Å². The molecule has 0 aliphatic carbocycles. The lowest BCUT2D eigenvalue weighted by Crippen LogP contribution is -2.18. The number of carbonyl (C=O) groups is 2. The van der Waals surface area contributed by atoms with E-state index in [0.717, 1.165) is 6.08 Å². The predicted octanol–water partition coefficient (Wildman–Crippen LogP) is 3.62. The molecule has 2 rings (SSSR count). The number of rotatable bonds is 4. The lowest BCUT2D eigenvalue weighted by atomic mass is 10.1. The second-order valence-electron chi connectivity index (χ2n) is 4.39. The van der Waals surface area contributed by atoms with E-state index in [9.17, 15) is 14.0 Å². The number of hydrogen-bond donors (Lipinski definition) is 1. The fourth-order valence-electron chi connectivity index (χ4n) is 1.76. The molecule has 0 unspecified atom stereocenters. The first-order valence-electron chi connectivity index (χ1n) is 6.68. The van der Waals surface area contributed by atoms with Gasteiger partial charge in [-0.1, -0.05) is 30.3 Å². The molecule has 0 radical (unpaired) electrons. The Morgan fingerprint density at radius 2 is 1.83 bits per heavy atom. The zero-order valence-electron chi connectivity index (χ0n) is 12.3. The summed E-state index contributed by atoms with van der Waals surface area (Å²) in [6, 6.07) is 12.6. The third-order valence-electron chi connectivity index (χ3n) is 2.83. The summed E-state index contributed by atoms with van der Waals surface area (Å²) < 4.78 is 23.4. The van der Waals surface area contributed by atoms with E-state index >= 15 is 0 Å². The summed E-state index contributed by atoms with van der Waals surface area (Å²) in [6.45, 7) is 0. The molecule has 0 atom stereocenters. The maximum absolute atomic E-state index is 13.9. The molecular formula is C17H14FNO4. The fraction of sp³-hybridized carbons (Fsp3) is 0.0588. The van der Waals surface area contributed by atoms with Crippen molar-refractivity contribution in [2.24, 2.45) is 0 Å². The Morgan fingerprint density at radius 1 is 1.09 bits per heavy atom. The van der Waals surface area contributed by atoms with E-state index in [0.29, 0.717) is 11.3 Å². The second kappa shape index (κ2) is 7.74. The van der Waals surface area contributed by atoms with Crippen molar-refractivity contribution in [1.29, 1.82) is 0 Å². The van der Waals surface area contributed by atoms with Crippen LogP contribution in [0.3, 0.4) is 0 Å². The molecule has 1 amide bonds. The van der Waals surface area contributed by atoms with E-state index < -0.39 is 17.9 Å². The number of ether oxygens (including phenoxy) is 2. The van der Waals surface area contributed by atoms with Gasteiger partial charge in [-0.15, -0.1) is 0 Å². The van der Waals surface area contributed by atoms with Gasteiger partial charge in [-0.05, 0) is 24.3 Å². The highest BCUT2D eigenvalue weighted by atomic mass is 19.1. The van der Waals surface area contributed by atoms with Crippen LogP contribution in [0, 0.1) is 5.82 Å². The summed E-state index contributed by atoms with van der Waals surface area (Å²) in [7, 11) is 1.23. The summed E-state index contributed by atoms with van der Waals surface area (Å²) in [4.78, 5) is 23.0. The smallest absolute Gasteiger partial charge is 0.417 e. The minimum atomic E-state index is -0.839. The maximum Gasteiger partial charge on any atom is 0.417 e. The standard InChI is InChI=1S/C17H14FNO4/c1-22-15(20)11-10-12-6-5-9-14(18)16(12)19-17(21)23-13-7-3-2-4-8-13/h2-11H,1H3,(H,19,21). The van der Waals surface area contributed by atoms with Crippen LogP contribution in [-0.4, -0.2) is 19.2 Å². The molecule has 0 aliphatic heterocycles. The first kappa shape index (κ1) is 16.2. The Kier molecular flexibility index (Phi) is 5.46. The van der Waals surface area contributed by atoms with Gasteiger partial charge in [-0.3, -0.25) is 5.32 Å². The molecule has 0 heterocycles. The molecule has 0 aliphatic rings. The van der Waals surface area contributed by atoms with Gasteiger partial charge >= 0.3 is 12.1 Å². The fourth-order valence-corrected chi connectivity index (χ4v) is 1.76. The van der Waals surface area contributed by atoms with E-state index in [1.54, 1.807) is 36.4 Å². The first-order chi connectivity index (χ1) is 11.1. The van der Waals surface area contributed by atoms with Gasteiger partial charge in [0.25, 0.3) is 0 Å². The van der Waals surface area contributed by atoms with Crippen LogP contribution in [0.15, 0.2) is 54.6 Å². The predicted molar refractivity (Wildman–Crippen MR) is 83.5 cm³/mol. The van der Waals surface area contributed by atoms with Gasteiger partial charge in [0.05, 0.1) is 12.8 Å². The average Bonchev–Trinajstić information content (AvgIpc) is 2.56. The Labute approximate surface area is 132 Å². The number of hydrogen-bond acceptors (Lipinski definition) is 4. The Balaban J connectivity index is 2.17. The van der Waals surface area contributed by atoms with Crippen LogP contribution in [0.2, 0.25) is 0 Å². The molecule has 5 nitrogen and oxygen atoms in total. The van der Waals surface area contributed by atoms with Crippen molar-refractivity contribution in [2.45, 2.75) is 0 Å². The molecule has 0 bridgehead atoms. The van der Waals surface area contributed by atoms with Gasteiger partial charge < -0.3 is 9.47 Å². The van der Waals surface area contributed by atoms with E-state index in [2.05, 4.69) is 10.1 Å². The van der Waals surface area contributed by atoms with Gasteiger partial charge in [0.15, 0.2) is 0 Å². The summed E-state index contributed by atoms with van der Waals surface area (Å²) in [5, 5.41) is 2.33. The normalized spacial score (nSPS) is 10.3. The van der Waals surface area contributed by atoms with Crippen LogP contribution in [0.25, 0.3) is 6.08 Å². The van der Waals surface area contributed by atoms with Crippen LogP contribution in [0.5, 0.6) is 5.75 Å². The van der Waals surface area contributed by atoms with Crippen LogP contribution in [-0.2, 0) is 9.53 Å². The van der Waals surface area contributed by atoms with Crippen LogP contribution >= 0.6 is 0 Å². The van der Waals surface area contributed by atoms with Crippen LogP contribution in [0.4, 0.5) is 14.9 Å². The van der Waals surface area contributed by atoms with E-state index in [1.165, 1.54) is 25.3 Å². The molecule has 2 aromatic carbocycles. The molecule has 0 saturated heterocycles. The largest absolute Gasteiger partial charge is 0.466 e.